The van der Waals surface area contributed by atoms with Crippen molar-refractivity contribution >= 4 is 5.95 Å². The molecule has 1 aliphatic heterocycles. The minimum absolute atomic E-state index is 0.0438. The third-order valence-corrected chi connectivity index (χ3v) is 4.23. The highest BCUT2D eigenvalue weighted by Gasteiger charge is 2.24. The molecule has 0 saturated carbocycles. The summed E-state index contributed by atoms with van der Waals surface area (Å²) < 4.78 is 5.70. The number of aromatic nitrogens is 2. The molecule has 122 valence electrons. The van der Waals surface area contributed by atoms with Crippen molar-refractivity contribution in [1.29, 1.82) is 0 Å². The molecule has 1 saturated heterocycles. The van der Waals surface area contributed by atoms with Crippen molar-refractivity contribution in [2.24, 2.45) is 0 Å². The van der Waals surface area contributed by atoms with Crippen LogP contribution in [0.25, 0.3) is 0 Å². The number of aliphatic hydroxyl groups is 2. The summed E-state index contributed by atoms with van der Waals surface area (Å²) >= 11 is 0. The fourth-order valence-electron chi connectivity index (χ4n) is 2.81. The van der Waals surface area contributed by atoms with Gasteiger partial charge in [0.25, 0.3) is 0 Å². The van der Waals surface area contributed by atoms with E-state index in [0.717, 1.165) is 56.7 Å². The van der Waals surface area contributed by atoms with Crippen LogP contribution in [0.2, 0.25) is 0 Å². The standard InChI is InChI=1S/C15H24N4O3/c1-10(20)13(21)9-22-14-11-3-2-4-12(11)17-15(18-14)19-7-5-16-6-8-19/h10,13,16,20-21H,2-9H2,1H3. The van der Waals surface area contributed by atoms with Crippen LogP contribution >= 0.6 is 0 Å². The van der Waals surface area contributed by atoms with Gasteiger partial charge in [-0.1, -0.05) is 0 Å². The van der Waals surface area contributed by atoms with Gasteiger partial charge >= 0.3 is 0 Å². The Morgan fingerprint density at radius 1 is 1.23 bits per heavy atom. The lowest BCUT2D eigenvalue weighted by Crippen LogP contribution is -2.44. The highest BCUT2D eigenvalue weighted by atomic mass is 16.5. The fraction of sp³-hybridized carbons (Fsp3) is 0.733. The maximum atomic E-state index is 9.72. The van der Waals surface area contributed by atoms with E-state index >= 15 is 0 Å². The lowest BCUT2D eigenvalue weighted by Gasteiger charge is -2.28. The number of piperazine rings is 1. The Bertz CT molecular complexity index is 518. The van der Waals surface area contributed by atoms with Crippen molar-refractivity contribution < 1.29 is 14.9 Å². The van der Waals surface area contributed by atoms with Gasteiger partial charge in [0.15, 0.2) is 0 Å². The summed E-state index contributed by atoms with van der Waals surface area (Å²) in [6.45, 7) is 5.21. The van der Waals surface area contributed by atoms with Gasteiger partial charge in [0.05, 0.1) is 11.8 Å². The molecular formula is C15H24N4O3. The number of anilines is 1. The first-order valence-corrected chi connectivity index (χ1v) is 7.99. The van der Waals surface area contributed by atoms with Crippen molar-refractivity contribution in [3.8, 4) is 5.88 Å². The molecule has 7 nitrogen and oxygen atoms in total. The summed E-state index contributed by atoms with van der Waals surface area (Å²) in [5.74, 6) is 1.28. The molecule has 0 amide bonds. The largest absolute Gasteiger partial charge is 0.474 e. The van der Waals surface area contributed by atoms with Crippen molar-refractivity contribution in [3.05, 3.63) is 11.3 Å². The average molecular weight is 308 g/mol. The van der Waals surface area contributed by atoms with Crippen LogP contribution in [0.3, 0.4) is 0 Å². The minimum Gasteiger partial charge on any atom is -0.474 e. The van der Waals surface area contributed by atoms with Crippen LogP contribution in [0.4, 0.5) is 5.95 Å². The second-order valence-electron chi connectivity index (χ2n) is 5.96. The number of aliphatic hydroxyl groups excluding tert-OH is 2. The van der Waals surface area contributed by atoms with E-state index in [0.29, 0.717) is 11.8 Å². The van der Waals surface area contributed by atoms with Crippen LogP contribution in [0.1, 0.15) is 24.6 Å². The smallest absolute Gasteiger partial charge is 0.228 e. The zero-order chi connectivity index (χ0) is 15.5. The number of ether oxygens (including phenoxy) is 1. The Labute approximate surface area is 130 Å². The van der Waals surface area contributed by atoms with Crippen LogP contribution in [0.15, 0.2) is 0 Å². The topological polar surface area (TPSA) is 90.7 Å². The number of hydrogen-bond acceptors (Lipinski definition) is 7. The lowest BCUT2D eigenvalue weighted by molar-refractivity contribution is 0.00110. The van der Waals surface area contributed by atoms with Gasteiger partial charge in [-0.15, -0.1) is 0 Å². The third kappa shape index (κ3) is 3.31. The summed E-state index contributed by atoms with van der Waals surface area (Å²) in [7, 11) is 0. The Hall–Kier alpha value is -1.44. The molecule has 2 unspecified atom stereocenters. The van der Waals surface area contributed by atoms with Crippen LogP contribution < -0.4 is 15.0 Å². The minimum atomic E-state index is -0.908. The average Bonchev–Trinajstić information content (AvgIpc) is 3.01. The van der Waals surface area contributed by atoms with E-state index < -0.39 is 12.2 Å². The monoisotopic (exact) mass is 308 g/mol. The molecule has 0 aromatic carbocycles. The SMILES string of the molecule is CC(O)C(O)COc1nc(N2CCNCC2)nc2c1CCC2. The maximum Gasteiger partial charge on any atom is 0.228 e. The van der Waals surface area contributed by atoms with E-state index in [9.17, 15) is 10.2 Å². The van der Waals surface area contributed by atoms with Gasteiger partial charge in [-0.25, -0.2) is 4.98 Å². The van der Waals surface area contributed by atoms with E-state index in [-0.39, 0.29) is 6.61 Å². The molecule has 2 aliphatic rings. The molecule has 2 heterocycles. The second kappa shape index (κ2) is 6.76. The van der Waals surface area contributed by atoms with Gasteiger partial charge in [-0.05, 0) is 26.2 Å². The number of nitrogens with zero attached hydrogens (tertiary/aromatic N) is 3. The predicted molar refractivity (Wildman–Crippen MR) is 82.3 cm³/mol. The molecule has 1 aromatic rings. The molecular weight excluding hydrogens is 284 g/mol. The van der Waals surface area contributed by atoms with Gasteiger partial charge in [0.2, 0.25) is 11.8 Å². The van der Waals surface area contributed by atoms with Gasteiger partial charge in [-0.3, -0.25) is 0 Å². The lowest BCUT2D eigenvalue weighted by atomic mass is 10.2. The quantitative estimate of drug-likeness (QED) is 0.675. The molecule has 0 bridgehead atoms. The van der Waals surface area contributed by atoms with Crippen molar-refractivity contribution in [2.75, 3.05) is 37.7 Å². The van der Waals surface area contributed by atoms with Crippen molar-refractivity contribution in [2.45, 2.75) is 38.4 Å². The molecule has 22 heavy (non-hydrogen) atoms. The van der Waals surface area contributed by atoms with Crippen LogP contribution in [0.5, 0.6) is 5.88 Å². The first-order valence-electron chi connectivity index (χ1n) is 7.99. The highest BCUT2D eigenvalue weighted by molar-refractivity contribution is 5.42. The molecule has 0 spiro atoms. The Kier molecular flexibility index (Phi) is 4.75. The molecule has 0 radical (unpaired) electrons. The number of rotatable bonds is 5. The number of fused-ring (bicyclic) bond motifs is 1. The summed E-state index contributed by atoms with van der Waals surface area (Å²) in [4.78, 5) is 11.4. The van der Waals surface area contributed by atoms with Crippen LogP contribution in [-0.4, -0.2) is 65.2 Å². The summed E-state index contributed by atoms with van der Waals surface area (Å²) in [5, 5.41) is 22.4. The number of hydrogen-bond donors (Lipinski definition) is 3. The van der Waals surface area contributed by atoms with E-state index in [1.165, 1.54) is 0 Å². The van der Waals surface area contributed by atoms with E-state index in [4.69, 9.17) is 9.72 Å². The molecule has 1 aliphatic carbocycles. The molecule has 2 atom stereocenters. The maximum absolute atomic E-state index is 9.72. The van der Waals surface area contributed by atoms with E-state index in [1.54, 1.807) is 6.92 Å². The molecule has 3 rings (SSSR count). The summed E-state index contributed by atoms with van der Waals surface area (Å²) in [6.07, 6.45) is 1.20. The molecule has 3 N–H and O–H groups in total. The Balaban J connectivity index is 1.80. The number of aryl methyl sites for hydroxylation is 1. The van der Waals surface area contributed by atoms with Gasteiger partial charge in [0, 0.05) is 31.7 Å². The predicted octanol–water partition coefficient (Wildman–Crippen LogP) is -0.505. The van der Waals surface area contributed by atoms with Crippen molar-refractivity contribution in [3.63, 3.8) is 0 Å². The van der Waals surface area contributed by atoms with Gasteiger partial charge in [0.1, 0.15) is 12.7 Å². The second-order valence-corrected chi connectivity index (χ2v) is 5.96. The summed E-state index contributed by atoms with van der Waals surface area (Å²) in [5.41, 5.74) is 2.11. The zero-order valence-electron chi connectivity index (χ0n) is 13.0. The first-order chi connectivity index (χ1) is 10.6. The normalized spacial score (nSPS) is 20.6. The fourth-order valence-corrected chi connectivity index (χ4v) is 2.81. The number of nitrogens with one attached hydrogen (secondary N) is 1. The molecule has 1 aromatic heterocycles. The molecule has 1 fully saturated rings. The van der Waals surface area contributed by atoms with E-state index in [1.807, 2.05) is 0 Å². The van der Waals surface area contributed by atoms with Crippen LogP contribution in [0, 0.1) is 0 Å². The van der Waals surface area contributed by atoms with Gasteiger partial charge < -0.3 is 25.2 Å². The Morgan fingerprint density at radius 3 is 2.73 bits per heavy atom. The summed E-state index contributed by atoms with van der Waals surface area (Å²) in [6, 6.07) is 0. The highest BCUT2D eigenvalue weighted by Crippen LogP contribution is 2.30. The van der Waals surface area contributed by atoms with Gasteiger partial charge in [-0.2, -0.15) is 4.98 Å². The van der Waals surface area contributed by atoms with Crippen molar-refractivity contribution in [1.82, 2.24) is 15.3 Å². The zero-order valence-corrected chi connectivity index (χ0v) is 13.0. The van der Waals surface area contributed by atoms with E-state index in [2.05, 4.69) is 15.2 Å². The third-order valence-electron chi connectivity index (χ3n) is 4.23. The van der Waals surface area contributed by atoms with Crippen LogP contribution in [-0.2, 0) is 12.8 Å². The molecule has 7 heteroatoms. The first kappa shape index (κ1) is 15.5. The Morgan fingerprint density at radius 2 is 2.00 bits per heavy atom.